The molecule has 2 N–H and O–H groups in total. The van der Waals surface area contributed by atoms with Gasteiger partial charge < -0.3 is 10.6 Å². The third-order valence-electron chi connectivity index (χ3n) is 6.41. The zero-order valence-electron chi connectivity index (χ0n) is 18.8. The fourth-order valence-corrected chi connectivity index (χ4v) is 6.11. The average Bonchev–Trinajstić information content (AvgIpc) is 3.17. The van der Waals surface area contributed by atoms with Crippen LogP contribution < -0.4 is 10.6 Å². The largest absolute Gasteiger partial charge is 0.349 e. The quantitative estimate of drug-likeness (QED) is 0.664. The second-order valence-electron chi connectivity index (χ2n) is 8.80. The Kier molecular flexibility index (Phi) is 7.45. The molecule has 4 rings (SSSR count). The van der Waals surface area contributed by atoms with E-state index in [1.54, 1.807) is 36.4 Å². The van der Waals surface area contributed by atoms with Crippen molar-refractivity contribution in [3.05, 3.63) is 59.7 Å². The Balaban J connectivity index is 1.51. The Morgan fingerprint density at radius 1 is 0.818 bits per heavy atom. The van der Waals surface area contributed by atoms with Crippen molar-refractivity contribution in [2.45, 2.75) is 62.3 Å². The predicted octanol–water partition coefficient (Wildman–Crippen LogP) is 4.18. The van der Waals surface area contributed by atoms with E-state index >= 15 is 0 Å². The van der Waals surface area contributed by atoms with E-state index in [4.69, 9.17) is 0 Å². The van der Waals surface area contributed by atoms with Gasteiger partial charge in [0.05, 0.1) is 16.1 Å². The van der Waals surface area contributed by atoms with Crippen molar-refractivity contribution in [2.24, 2.45) is 0 Å². The van der Waals surface area contributed by atoms with Gasteiger partial charge in [-0.3, -0.25) is 9.59 Å². The van der Waals surface area contributed by atoms with Gasteiger partial charge in [0.25, 0.3) is 11.8 Å². The fraction of sp³-hybridized carbons (Fsp3) is 0.440. The van der Waals surface area contributed by atoms with Crippen molar-refractivity contribution in [1.82, 2.24) is 9.62 Å². The Morgan fingerprint density at radius 2 is 1.52 bits per heavy atom. The molecule has 33 heavy (non-hydrogen) atoms. The highest BCUT2D eigenvalue weighted by molar-refractivity contribution is 7.89. The summed E-state index contributed by atoms with van der Waals surface area (Å²) < 4.78 is 27.8. The van der Waals surface area contributed by atoms with Crippen molar-refractivity contribution in [3.8, 4) is 0 Å². The average molecular weight is 470 g/mol. The molecule has 7 nitrogen and oxygen atoms in total. The van der Waals surface area contributed by atoms with Crippen LogP contribution >= 0.6 is 0 Å². The van der Waals surface area contributed by atoms with Crippen LogP contribution in [0.5, 0.6) is 0 Å². The number of hydrogen-bond donors (Lipinski definition) is 2. The zero-order chi connectivity index (χ0) is 23.3. The molecule has 1 saturated carbocycles. The van der Waals surface area contributed by atoms with Gasteiger partial charge in [-0.25, -0.2) is 8.42 Å². The molecule has 0 bridgehead atoms. The van der Waals surface area contributed by atoms with Gasteiger partial charge in [0.1, 0.15) is 0 Å². The number of rotatable bonds is 6. The molecule has 2 fully saturated rings. The molecular weight excluding hydrogens is 438 g/mol. The maximum absolute atomic E-state index is 13.1. The highest BCUT2D eigenvalue weighted by Gasteiger charge is 2.26. The highest BCUT2D eigenvalue weighted by Crippen LogP contribution is 2.23. The first kappa shape index (κ1) is 23.4. The molecule has 0 radical (unpaired) electrons. The maximum atomic E-state index is 13.1. The van der Waals surface area contributed by atoms with E-state index in [9.17, 15) is 18.0 Å². The number of nitrogens with zero attached hydrogens (tertiary/aromatic N) is 1. The number of anilines is 1. The van der Waals surface area contributed by atoms with Gasteiger partial charge in [0, 0.05) is 24.7 Å². The summed E-state index contributed by atoms with van der Waals surface area (Å²) in [4.78, 5) is 25.9. The summed E-state index contributed by atoms with van der Waals surface area (Å²) in [5.74, 6) is -0.667. The second-order valence-corrected chi connectivity index (χ2v) is 10.7. The third-order valence-corrected chi connectivity index (χ3v) is 8.30. The maximum Gasteiger partial charge on any atom is 0.255 e. The van der Waals surface area contributed by atoms with Crippen molar-refractivity contribution >= 4 is 27.5 Å². The molecule has 0 atom stereocenters. The normalized spacial score (nSPS) is 17.9. The standard InChI is InChI=1S/C25H31N3O4S/c29-24(27-23-15-6-5-14-22(23)25(30)26-20-11-3-4-12-20)19-10-9-13-21(18-19)33(31,32)28-16-7-1-2-8-17-28/h5-6,9-10,13-15,18,20H,1-4,7-8,11-12,16-17H2,(H,26,30)(H,27,29). The van der Waals surface area contributed by atoms with Gasteiger partial charge in [-0.2, -0.15) is 4.31 Å². The van der Waals surface area contributed by atoms with Gasteiger partial charge in [-0.05, 0) is 56.0 Å². The lowest BCUT2D eigenvalue weighted by Crippen LogP contribution is -2.33. The number of carbonyl (C=O) groups is 2. The van der Waals surface area contributed by atoms with Crippen LogP contribution in [0.15, 0.2) is 53.4 Å². The lowest BCUT2D eigenvalue weighted by molar-refractivity contribution is 0.0938. The topological polar surface area (TPSA) is 95.6 Å². The van der Waals surface area contributed by atoms with Crippen molar-refractivity contribution in [2.75, 3.05) is 18.4 Å². The fourth-order valence-electron chi connectivity index (χ4n) is 4.55. The molecule has 2 aromatic carbocycles. The lowest BCUT2D eigenvalue weighted by Gasteiger charge is -2.20. The highest BCUT2D eigenvalue weighted by atomic mass is 32.2. The number of carbonyl (C=O) groups excluding carboxylic acids is 2. The summed E-state index contributed by atoms with van der Waals surface area (Å²) in [7, 11) is -3.66. The summed E-state index contributed by atoms with van der Waals surface area (Å²) in [5.41, 5.74) is 1.03. The van der Waals surface area contributed by atoms with Crippen LogP contribution in [0.4, 0.5) is 5.69 Å². The SMILES string of the molecule is O=C(Nc1ccccc1C(=O)NC1CCCC1)c1cccc(S(=O)(=O)N2CCCCCC2)c1. The molecule has 1 saturated heterocycles. The van der Waals surface area contributed by atoms with E-state index in [1.165, 1.54) is 16.4 Å². The predicted molar refractivity (Wildman–Crippen MR) is 128 cm³/mol. The monoisotopic (exact) mass is 469 g/mol. The molecule has 1 aliphatic carbocycles. The molecule has 2 amide bonds. The number of amides is 2. The second kappa shape index (κ2) is 10.5. The molecule has 0 spiro atoms. The van der Waals surface area contributed by atoms with E-state index in [2.05, 4.69) is 10.6 Å². The zero-order valence-corrected chi connectivity index (χ0v) is 19.6. The number of para-hydroxylation sites is 1. The van der Waals surface area contributed by atoms with Crippen LogP contribution in [0.1, 0.15) is 72.1 Å². The van der Waals surface area contributed by atoms with Crippen LogP contribution in [-0.2, 0) is 10.0 Å². The summed E-state index contributed by atoms with van der Waals surface area (Å²) in [6.07, 6.45) is 7.92. The molecule has 2 aliphatic rings. The molecule has 8 heteroatoms. The Bertz CT molecular complexity index is 1100. The minimum Gasteiger partial charge on any atom is -0.349 e. The lowest BCUT2D eigenvalue weighted by atomic mass is 10.1. The summed E-state index contributed by atoms with van der Waals surface area (Å²) in [6, 6.07) is 13.1. The Labute approximate surface area is 195 Å². The van der Waals surface area contributed by atoms with Crippen LogP contribution in [0.2, 0.25) is 0 Å². The van der Waals surface area contributed by atoms with Gasteiger partial charge in [0.15, 0.2) is 0 Å². The van der Waals surface area contributed by atoms with Crippen LogP contribution in [0.25, 0.3) is 0 Å². The number of sulfonamides is 1. The third kappa shape index (κ3) is 5.62. The summed E-state index contributed by atoms with van der Waals surface area (Å²) in [6.45, 7) is 1.00. The van der Waals surface area contributed by atoms with Crippen LogP contribution in [0, 0.1) is 0 Å². The molecule has 0 aromatic heterocycles. The minimum absolute atomic E-state index is 0.115. The van der Waals surface area contributed by atoms with Crippen molar-refractivity contribution in [3.63, 3.8) is 0 Å². The molecule has 1 aliphatic heterocycles. The number of nitrogens with one attached hydrogen (secondary N) is 2. The first-order chi connectivity index (χ1) is 15.9. The van der Waals surface area contributed by atoms with E-state index in [0.29, 0.717) is 24.3 Å². The minimum atomic E-state index is -3.66. The summed E-state index contributed by atoms with van der Waals surface area (Å²) in [5, 5.41) is 5.84. The first-order valence-corrected chi connectivity index (χ1v) is 13.2. The van der Waals surface area contributed by atoms with Crippen molar-refractivity contribution in [1.29, 1.82) is 0 Å². The summed E-state index contributed by atoms with van der Waals surface area (Å²) >= 11 is 0. The van der Waals surface area contributed by atoms with Gasteiger partial charge in [-0.1, -0.05) is 43.9 Å². The molecule has 0 unspecified atom stereocenters. The van der Waals surface area contributed by atoms with Gasteiger partial charge in [-0.15, -0.1) is 0 Å². The van der Waals surface area contributed by atoms with E-state index in [0.717, 1.165) is 51.4 Å². The van der Waals surface area contributed by atoms with E-state index in [1.807, 2.05) is 0 Å². The molecule has 2 aromatic rings. The van der Waals surface area contributed by atoms with Crippen LogP contribution in [0.3, 0.4) is 0 Å². The Hall–Kier alpha value is -2.71. The molecular formula is C25H31N3O4S. The molecule has 176 valence electrons. The molecule has 1 heterocycles. The smallest absolute Gasteiger partial charge is 0.255 e. The number of benzene rings is 2. The van der Waals surface area contributed by atoms with Gasteiger partial charge in [0.2, 0.25) is 10.0 Å². The van der Waals surface area contributed by atoms with Crippen molar-refractivity contribution < 1.29 is 18.0 Å². The Morgan fingerprint density at radius 3 is 2.24 bits per heavy atom. The van der Waals surface area contributed by atoms with Crippen LogP contribution in [-0.4, -0.2) is 43.7 Å². The first-order valence-electron chi connectivity index (χ1n) is 11.8. The number of hydrogen-bond acceptors (Lipinski definition) is 4. The van der Waals surface area contributed by atoms with E-state index in [-0.39, 0.29) is 22.4 Å². The van der Waals surface area contributed by atoms with E-state index < -0.39 is 15.9 Å². The van der Waals surface area contributed by atoms with Gasteiger partial charge >= 0.3 is 0 Å².